The number of carbonyl (C=O) groups is 2. The Morgan fingerprint density at radius 2 is 2.00 bits per heavy atom. The fraction of sp³-hybridized carbons (Fsp3) is 0.455. The van der Waals surface area contributed by atoms with Crippen LogP contribution in [0.5, 0.6) is 11.5 Å². The number of fused-ring (bicyclic) bond motifs is 2. The molecule has 2 amide bonds. The summed E-state index contributed by atoms with van der Waals surface area (Å²) in [4.78, 5) is 27.1. The first-order valence-electron chi connectivity index (χ1n) is 10.4. The molecule has 2 N–H and O–H groups in total. The summed E-state index contributed by atoms with van der Waals surface area (Å²) in [6.45, 7) is 1.38. The third-order valence-electron chi connectivity index (χ3n) is 5.70. The minimum atomic E-state index is -0.764. The fourth-order valence-corrected chi connectivity index (χ4v) is 5.46. The number of amides is 2. The normalized spacial score (nSPS) is 21.9. The number of hydrogen-bond acceptors (Lipinski definition) is 6. The van der Waals surface area contributed by atoms with E-state index < -0.39 is 6.10 Å². The molecule has 0 radical (unpaired) electrons. The third kappa shape index (κ3) is 3.77. The van der Waals surface area contributed by atoms with E-state index in [-0.39, 0.29) is 24.5 Å². The molecule has 2 aliphatic heterocycles. The molecule has 158 valence electrons. The number of anilines is 1. The molecule has 2 aromatic rings. The molecule has 1 saturated heterocycles. The van der Waals surface area contributed by atoms with Gasteiger partial charge in [-0.3, -0.25) is 9.59 Å². The standard InChI is InChI=1S/C22H24N2O5S/c25-20(17-12-28-15-7-1-2-8-16(15)29-17)24-22-19(14-6-3-9-18(14)30-22)21(26)23-11-13-5-4-10-27-13/h1-2,7-8,13,17H,3-6,9-12H2,(H,23,26)(H,24,25)/t13-,17+/m1/s1. The molecule has 1 aromatic carbocycles. The average molecular weight is 429 g/mol. The Hall–Kier alpha value is -2.58. The van der Waals surface area contributed by atoms with Gasteiger partial charge in [-0.25, -0.2) is 0 Å². The molecule has 3 aliphatic rings. The molecule has 0 spiro atoms. The van der Waals surface area contributed by atoms with E-state index in [1.54, 1.807) is 6.07 Å². The summed E-state index contributed by atoms with van der Waals surface area (Å²) in [5.41, 5.74) is 1.65. The zero-order chi connectivity index (χ0) is 20.5. The van der Waals surface area contributed by atoms with Gasteiger partial charge in [-0.1, -0.05) is 12.1 Å². The van der Waals surface area contributed by atoms with Gasteiger partial charge in [-0.15, -0.1) is 11.3 Å². The van der Waals surface area contributed by atoms with Crippen LogP contribution in [-0.4, -0.2) is 43.8 Å². The minimum Gasteiger partial charge on any atom is -0.485 e. The van der Waals surface area contributed by atoms with Gasteiger partial charge in [0.15, 0.2) is 11.5 Å². The number of ether oxygens (including phenoxy) is 3. The van der Waals surface area contributed by atoms with Crippen LogP contribution >= 0.6 is 11.3 Å². The summed E-state index contributed by atoms with van der Waals surface area (Å²) < 4.78 is 17.1. The molecule has 1 aromatic heterocycles. The number of nitrogens with one attached hydrogen (secondary N) is 2. The first-order valence-corrected chi connectivity index (χ1v) is 11.2. The van der Waals surface area contributed by atoms with Crippen LogP contribution in [0.1, 0.15) is 40.1 Å². The second-order valence-corrected chi connectivity index (χ2v) is 8.87. The smallest absolute Gasteiger partial charge is 0.269 e. The maximum absolute atomic E-state index is 13.0. The van der Waals surface area contributed by atoms with Gasteiger partial charge in [0, 0.05) is 18.0 Å². The molecule has 1 fully saturated rings. The topological polar surface area (TPSA) is 85.9 Å². The molecule has 7 nitrogen and oxygen atoms in total. The van der Waals surface area contributed by atoms with E-state index >= 15 is 0 Å². The highest BCUT2D eigenvalue weighted by molar-refractivity contribution is 7.17. The lowest BCUT2D eigenvalue weighted by Gasteiger charge is -2.25. The van der Waals surface area contributed by atoms with Gasteiger partial charge in [0.2, 0.25) is 6.10 Å². The SMILES string of the molecule is O=C(NC[C@H]1CCCO1)c1c(NC(=O)[C@@H]2COc3ccccc3O2)sc2c1CCC2. The average Bonchev–Trinajstić information content (AvgIpc) is 3.49. The molecule has 0 unspecified atom stereocenters. The van der Waals surface area contributed by atoms with Crippen LogP contribution in [-0.2, 0) is 22.4 Å². The zero-order valence-electron chi connectivity index (χ0n) is 16.6. The number of rotatable bonds is 5. The van der Waals surface area contributed by atoms with Gasteiger partial charge in [0.1, 0.15) is 11.6 Å². The Balaban J connectivity index is 1.31. The molecule has 5 rings (SSSR count). The Kier molecular flexibility index (Phi) is 5.35. The lowest BCUT2D eigenvalue weighted by Crippen LogP contribution is -2.40. The van der Waals surface area contributed by atoms with Crippen LogP contribution in [0.25, 0.3) is 0 Å². The largest absolute Gasteiger partial charge is 0.485 e. The van der Waals surface area contributed by atoms with Gasteiger partial charge >= 0.3 is 0 Å². The van der Waals surface area contributed by atoms with E-state index in [1.165, 1.54) is 16.2 Å². The number of benzene rings is 1. The van der Waals surface area contributed by atoms with E-state index in [2.05, 4.69) is 10.6 Å². The highest BCUT2D eigenvalue weighted by atomic mass is 32.1. The van der Waals surface area contributed by atoms with Crippen molar-refractivity contribution in [2.75, 3.05) is 25.1 Å². The van der Waals surface area contributed by atoms with Gasteiger partial charge in [0.25, 0.3) is 11.8 Å². The Bertz CT molecular complexity index is 966. The summed E-state index contributed by atoms with van der Waals surface area (Å²) >= 11 is 1.49. The number of para-hydroxylation sites is 2. The van der Waals surface area contributed by atoms with Crippen molar-refractivity contribution in [3.63, 3.8) is 0 Å². The van der Waals surface area contributed by atoms with Crippen molar-refractivity contribution in [3.8, 4) is 11.5 Å². The summed E-state index contributed by atoms with van der Waals surface area (Å²) in [5.74, 6) is 0.724. The number of carbonyl (C=O) groups excluding carboxylic acids is 2. The van der Waals surface area contributed by atoms with Gasteiger partial charge < -0.3 is 24.8 Å². The second-order valence-electron chi connectivity index (χ2n) is 7.76. The maximum Gasteiger partial charge on any atom is 0.269 e. The van der Waals surface area contributed by atoms with E-state index in [9.17, 15) is 9.59 Å². The predicted molar refractivity (Wildman–Crippen MR) is 113 cm³/mol. The molecular weight excluding hydrogens is 404 g/mol. The summed E-state index contributed by atoms with van der Waals surface area (Å²) in [6.07, 6.45) is 4.15. The van der Waals surface area contributed by atoms with Crippen LogP contribution in [0.15, 0.2) is 24.3 Å². The summed E-state index contributed by atoms with van der Waals surface area (Å²) in [5, 5.41) is 6.52. The molecule has 30 heavy (non-hydrogen) atoms. The molecule has 0 saturated carbocycles. The number of aryl methyl sites for hydroxylation is 1. The van der Waals surface area contributed by atoms with Crippen LogP contribution in [0.3, 0.4) is 0 Å². The number of thiophene rings is 1. The molecule has 0 bridgehead atoms. The highest BCUT2D eigenvalue weighted by Gasteiger charge is 2.32. The van der Waals surface area contributed by atoms with Crippen LogP contribution < -0.4 is 20.1 Å². The van der Waals surface area contributed by atoms with Gasteiger partial charge in [-0.2, -0.15) is 0 Å². The van der Waals surface area contributed by atoms with E-state index in [4.69, 9.17) is 14.2 Å². The van der Waals surface area contributed by atoms with Crippen molar-refractivity contribution < 1.29 is 23.8 Å². The van der Waals surface area contributed by atoms with Crippen molar-refractivity contribution in [1.82, 2.24) is 5.32 Å². The van der Waals surface area contributed by atoms with Crippen molar-refractivity contribution >= 4 is 28.2 Å². The molecule has 3 heterocycles. The Labute approximate surface area is 178 Å². The first kappa shape index (κ1) is 19.4. The van der Waals surface area contributed by atoms with Crippen LogP contribution in [0.2, 0.25) is 0 Å². The molecule has 8 heteroatoms. The lowest BCUT2D eigenvalue weighted by atomic mass is 10.1. The van der Waals surface area contributed by atoms with Gasteiger partial charge in [-0.05, 0) is 49.8 Å². The monoisotopic (exact) mass is 428 g/mol. The third-order valence-corrected chi connectivity index (χ3v) is 6.91. The quantitative estimate of drug-likeness (QED) is 0.765. The Morgan fingerprint density at radius 3 is 2.83 bits per heavy atom. The molecule has 2 atom stereocenters. The molecule has 1 aliphatic carbocycles. The Morgan fingerprint density at radius 1 is 1.13 bits per heavy atom. The minimum absolute atomic E-state index is 0.0755. The maximum atomic E-state index is 13.0. The summed E-state index contributed by atoms with van der Waals surface area (Å²) in [6, 6.07) is 7.28. The second kappa shape index (κ2) is 8.28. The molecular formula is C22H24N2O5S. The van der Waals surface area contributed by atoms with Crippen molar-refractivity contribution in [2.45, 2.75) is 44.3 Å². The predicted octanol–water partition coefficient (Wildman–Crippen LogP) is 2.92. The van der Waals surface area contributed by atoms with E-state index in [0.717, 1.165) is 44.3 Å². The highest BCUT2D eigenvalue weighted by Crippen LogP contribution is 2.39. The number of hydrogen-bond donors (Lipinski definition) is 2. The van der Waals surface area contributed by atoms with Crippen LogP contribution in [0, 0.1) is 0 Å². The van der Waals surface area contributed by atoms with Gasteiger partial charge in [0.05, 0.1) is 11.7 Å². The van der Waals surface area contributed by atoms with Crippen molar-refractivity contribution in [3.05, 3.63) is 40.3 Å². The zero-order valence-corrected chi connectivity index (χ0v) is 17.4. The van der Waals surface area contributed by atoms with Crippen LogP contribution in [0.4, 0.5) is 5.00 Å². The summed E-state index contributed by atoms with van der Waals surface area (Å²) in [7, 11) is 0. The first-order chi connectivity index (χ1) is 14.7. The lowest BCUT2D eigenvalue weighted by molar-refractivity contribution is -0.125. The van der Waals surface area contributed by atoms with Crippen molar-refractivity contribution in [1.29, 1.82) is 0 Å². The van der Waals surface area contributed by atoms with E-state index in [0.29, 0.717) is 28.6 Å². The van der Waals surface area contributed by atoms with E-state index in [1.807, 2.05) is 18.2 Å². The fourth-order valence-electron chi connectivity index (χ4n) is 4.17. The van der Waals surface area contributed by atoms with Crippen molar-refractivity contribution in [2.24, 2.45) is 0 Å².